The average molecular weight is 972 g/mol. The molecule has 8 unspecified atom stereocenters. The number of β-lactam (4-membered cyclic amide) rings is 1. The van der Waals surface area contributed by atoms with Crippen LogP contribution >= 0.6 is 11.6 Å². The molecule has 8 atom stereocenters. The molecule has 11 nitrogen and oxygen atoms in total. The van der Waals surface area contributed by atoms with Crippen LogP contribution < -0.4 is 25.2 Å². The van der Waals surface area contributed by atoms with E-state index in [-0.39, 0.29) is 37.6 Å². The van der Waals surface area contributed by atoms with Gasteiger partial charge in [-0.3, -0.25) is 4.79 Å². The van der Waals surface area contributed by atoms with Crippen molar-refractivity contribution in [2.45, 2.75) is 141 Å². The van der Waals surface area contributed by atoms with Crippen LogP contribution in [0, 0.1) is 40.5 Å². The Morgan fingerprint density at radius 1 is 0.843 bits per heavy atom. The molecular weight excluding hydrogens is 900 g/mol. The zero-order chi connectivity index (χ0) is 50.1. The van der Waals surface area contributed by atoms with Gasteiger partial charge in [0.05, 0.1) is 17.5 Å². The largest absolute Gasteiger partial charge is 0.475 e. The van der Waals surface area contributed by atoms with E-state index in [0.717, 1.165) is 80.1 Å². The first kappa shape index (κ1) is 50.8. The van der Waals surface area contributed by atoms with E-state index >= 15 is 0 Å². The number of amides is 2. The van der Waals surface area contributed by atoms with Gasteiger partial charge in [-0.1, -0.05) is 104 Å². The van der Waals surface area contributed by atoms with E-state index in [1.54, 1.807) is 0 Å². The summed E-state index contributed by atoms with van der Waals surface area (Å²) in [5, 5.41) is 28.3. The molecule has 2 amide bonds. The van der Waals surface area contributed by atoms with Crippen molar-refractivity contribution in [3.05, 3.63) is 148 Å². The third kappa shape index (κ3) is 9.15. The highest BCUT2D eigenvalue weighted by Gasteiger charge is 2.76. The molecule has 1 spiro atoms. The van der Waals surface area contributed by atoms with Crippen LogP contribution in [0.15, 0.2) is 103 Å². The quantitative estimate of drug-likeness (QED) is 0.0223. The summed E-state index contributed by atoms with van der Waals surface area (Å²) in [4.78, 5) is 39.1. The predicted molar refractivity (Wildman–Crippen MR) is 279 cm³/mol. The Morgan fingerprint density at radius 2 is 1.49 bits per heavy atom. The Labute approximate surface area is 419 Å². The second-order valence-corrected chi connectivity index (χ2v) is 20.3. The molecule has 1 aliphatic heterocycles. The molecule has 0 bridgehead atoms. The first-order valence-electron chi connectivity index (χ1n) is 25.2. The fraction of sp³-hybridized carbons (Fsp3) is 0.448. The number of benzene rings is 5. The number of nitrogens with zero attached hydrogens (tertiary/aromatic N) is 2. The number of hydrogen-bond donors (Lipinski definition) is 4. The second-order valence-electron chi connectivity index (χ2n) is 19.8. The molecule has 5 aromatic rings. The van der Waals surface area contributed by atoms with Crippen LogP contribution in [0.4, 0.5) is 16.2 Å². The Balaban J connectivity index is 1.24. The molecule has 8 rings (SSSR count). The highest BCUT2D eigenvalue weighted by molar-refractivity contribution is 6.21. The van der Waals surface area contributed by atoms with Crippen molar-refractivity contribution in [3.63, 3.8) is 0 Å². The fourth-order valence-corrected chi connectivity index (χ4v) is 12.6. The maximum atomic E-state index is 14.8. The zero-order valence-electron chi connectivity index (χ0n) is 42.2. The summed E-state index contributed by atoms with van der Waals surface area (Å²) in [6, 6.07) is 34.3. The molecule has 0 aromatic heterocycles. The third-order valence-electron chi connectivity index (χ3n) is 15.7. The number of aliphatic hydroxyl groups is 1. The number of rotatable bonds is 18. The zero-order valence-corrected chi connectivity index (χ0v) is 43.0. The molecule has 2 aliphatic carbocycles. The lowest BCUT2D eigenvalue weighted by atomic mass is 9.55. The minimum atomic E-state index is -1.49. The number of anilines is 2. The lowest BCUT2D eigenvalue weighted by molar-refractivity contribution is -0.284. The minimum absolute atomic E-state index is 0.0890. The summed E-state index contributed by atoms with van der Waals surface area (Å²) < 4.78 is 13.6. The maximum Gasteiger partial charge on any atom is 0.407 e. The molecule has 372 valence electrons. The molecule has 3 aliphatic rings. The lowest BCUT2D eigenvalue weighted by Gasteiger charge is -2.67. The van der Waals surface area contributed by atoms with Gasteiger partial charge in [0.25, 0.3) is 5.91 Å². The SMILES string of the molecule is CCC1C(Cl)C(OC(=O)NCCC(O)c2ccc(C)cc2C)CC2(NC(=O)C2(CC)Oc2ccc(C)cc2C)C1N(c1ccc(N(CC)CC)cc1C)C(CC1c2ccccc2-c2ccccc21)OO. The number of halogens is 1. The van der Waals surface area contributed by atoms with E-state index in [1.165, 1.54) is 0 Å². The summed E-state index contributed by atoms with van der Waals surface area (Å²) in [5.74, 6) is -0.351. The number of alkyl halides is 1. The van der Waals surface area contributed by atoms with Gasteiger partial charge >= 0.3 is 6.09 Å². The molecule has 12 heteroatoms. The number of fused-ring (bicyclic) bond motifs is 3. The van der Waals surface area contributed by atoms with Crippen LogP contribution in [0.1, 0.15) is 116 Å². The van der Waals surface area contributed by atoms with Crippen LogP contribution in [0.25, 0.3) is 11.1 Å². The van der Waals surface area contributed by atoms with Crippen molar-refractivity contribution >= 4 is 35.0 Å². The first-order chi connectivity index (χ1) is 33.6. The Hall–Kier alpha value is -5.59. The molecule has 4 N–H and O–H groups in total. The van der Waals surface area contributed by atoms with Crippen molar-refractivity contribution < 1.29 is 34.3 Å². The van der Waals surface area contributed by atoms with Gasteiger partial charge in [-0.25, -0.2) is 14.9 Å². The minimum Gasteiger partial charge on any atom is -0.475 e. The maximum absolute atomic E-state index is 14.8. The van der Waals surface area contributed by atoms with Gasteiger partial charge in [0.15, 0.2) is 6.23 Å². The molecule has 1 saturated heterocycles. The van der Waals surface area contributed by atoms with E-state index in [4.69, 9.17) is 26.0 Å². The van der Waals surface area contributed by atoms with E-state index in [2.05, 4.69) is 115 Å². The standard InChI is InChI=1S/C58H71ClN4O7/c1-10-41-53(59)51(68-56(66)60-29-28-49(64)42-25-22-35(5)30-37(42)7)34-57(58(11-2,55(65)61-57)69-50-27-23-36(6)31-39(50)9)54(41)63(48-26-24-40(32-38(48)8)62(12-3)13-4)52(70-67)33-47-45-20-16-14-18-43(45)44-19-15-17-21-46(44)47/h14-27,30-32,41,47,49,51-54,64,67H,10-13,28-29,33-34H2,1-9H3,(H,60,66)(H,61,65). The molecule has 2 fully saturated rings. The lowest BCUT2D eigenvalue weighted by Crippen LogP contribution is -2.92. The molecular formula is C58H71ClN4O7. The van der Waals surface area contributed by atoms with Crippen LogP contribution in [0.5, 0.6) is 5.75 Å². The number of nitrogens with one attached hydrogen (secondary N) is 2. The first-order valence-corrected chi connectivity index (χ1v) is 25.6. The normalized spacial score (nSPS) is 23.4. The highest BCUT2D eigenvalue weighted by Crippen LogP contribution is 2.56. The van der Waals surface area contributed by atoms with Gasteiger partial charge in [-0.2, -0.15) is 0 Å². The van der Waals surface area contributed by atoms with Crippen molar-refractivity contribution in [3.8, 4) is 16.9 Å². The van der Waals surface area contributed by atoms with Crippen molar-refractivity contribution in [1.82, 2.24) is 10.6 Å². The number of aliphatic hydroxyl groups excluding tert-OH is 1. The van der Waals surface area contributed by atoms with Crippen molar-refractivity contribution in [2.24, 2.45) is 5.92 Å². The summed E-state index contributed by atoms with van der Waals surface area (Å²) >= 11 is 7.76. The van der Waals surface area contributed by atoms with Crippen LogP contribution in [-0.4, -0.2) is 76.9 Å². The number of carbonyl (C=O) groups excluding carboxylic acids is 2. The monoisotopic (exact) mass is 971 g/mol. The van der Waals surface area contributed by atoms with Crippen LogP contribution in [0.2, 0.25) is 0 Å². The summed E-state index contributed by atoms with van der Waals surface area (Å²) in [6.45, 7) is 20.1. The Morgan fingerprint density at radius 3 is 2.06 bits per heavy atom. The van der Waals surface area contributed by atoms with E-state index < -0.39 is 53.0 Å². The molecule has 1 heterocycles. The third-order valence-corrected chi connectivity index (χ3v) is 16.3. The number of carbonyl (C=O) groups is 2. The predicted octanol–water partition coefficient (Wildman–Crippen LogP) is 11.6. The van der Waals surface area contributed by atoms with Gasteiger partial charge in [0.2, 0.25) is 5.60 Å². The highest BCUT2D eigenvalue weighted by atomic mass is 35.5. The van der Waals surface area contributed by atoms with Crippen LogP contribution in [0.3, 0.4) is 0 Å². The average Bonchev–Trinajstić information content (AvgIpc) is 3.65. The van der Waals surface area contributed by atoms with E-state index in [0.29, 0.717) is 18.6 Å². The Bertz CT molecular complexity index is 2650. The van der Waals surface area contributed by atoms with Gasteiger partial charge in [0, 0.05) is 55.7 Å². The summed E-state index contributed by atoms with van der Waals surface area (Å²) in [7, 11) is 0. The number of hydrogen-bond acceptors (Lipinski definition) is 9. The molecule has 5 aromatic carbocycles. The van der Waals surface area contributed by atoms with E-state index in [9.17, 15) is 20.0 Å². The second kappa shape index (κ2) is 21.0. The summed E-state index contributed by atoms with van der Waals surface area (Å²) in [6.07, 6.45) is -1.85. The summed E-state index contributed by atoms with van der Waals surface area (Å²) in [5.41, 5.74) is 9.44. The number of aryl methyl sites for hydroxylation is 5. The molecule has 0 radical (unpaired) electrons. The van der Waals surface area contributed by atoms with Crippen molar-refractivity contribution in [2.75, 3.05) is 29.4 Å². The van der Waals surface area contributed by atoms with E-state index in [1.807, 2.05) is 71.0 Å². The topological polar surface area (TPSA) is 133 Å². The van der Waals surface area contributed by atoms with Gasteiger partial charge in [0.1, 0.15) is 17.4 Å². The van der Waals surface area contributed by atoms with Crippen molar-refractivity contribution in [1.29, 1.82) is 0 Å². The molecule has 70 heavy (non-hydrogen) atoms. The van der Waals surface area contributed by atoms with Crippen LogP contribution in [-0.2, 0) is 14.4 Å². The number of alkyl carbamates (subject to hydrolysis) is 1. The number of ether oxygens (including phenoxy) is 2. The van der Waals surface area contributed by atoms with Gasteiger partial charge in [-0.15, -0.1) is 11.6 Å². The molecule has 1 saturated carbocycles. The smallest absolute Gasteiger partial charge is 0.407 e. The van der Waals surface area contributed by atoms with Gasteiger partial charge in [-0.05, 0) is 137 Å². The Kier molecular flexibility index (Phi) is 15.2. The fourth-order valence-electron chi connectivity index (χ4n) is 12.2. The van der Waals surface area contributed by atoms with Gasteiger partial charge < -0.3 is 35.0 Å².